The van der Waals surface area contributed by atoms with E-state index in [4.69, 9.17) is 9.47 Å². The Kier molecular flexibility index (Phi) is 7.86. The van der Waals surface area contributed by atoms with Gasteiger partial charge in [-0.15, -0.1) is 0 Å². The van der Waals surface area contributed by atoms with Crippen LogP contribution in [0.1, 0.15) is 44.9 Å². The quantitative estimate of drug-likeness (QED) is 0.645. The Bertz CT molecular complexity index is 564. The second-order valence-electron chi connectivity index (χ2n) is 6.62. The van der Waals surface area contributed by atoms with Crippen molar-refractivity contribution in [1.82, 2.24) is 5.32 Å². The first kappa shape index (κ1) is 20.9. The predicted molar refractivity (Wildman–Crippen MR) is 92.0 cm³/mol. The summed E-state index contributed by atoms with van der Waals surface area (Å²) in [7, 11) is 0. The number of hydrogen-bond acceptors (Lipinski definition) is 6. The van der Waals surface area contributed by atoms with Crippen molar-refractivity contribution in [3.63, 3.8) is 0 Å². The molecule has 0 saturated carbocycles. The van der Waals surface area contributed by atoms with Gasteiger partial charge >= 0.3 is 12.1 Å². The Balaban J connectivity index is 2.54. The summed E-state index contributed by atoms with van der Waals surface area (Å²) in [5, 5.41) is 22.6. The maximum absolute atomic E-state index is 11.6. The molecule has 1 aromatic carbocycles. The van der Waals surface area contributed by atoms with Crippen LogP contribution < -0.4 is 5.32 Å². The summed E-state index contributed by atoms with van der Waals surface area (Å²) >= 11 is 0. The van der Waals surface area contributed by atoms with Crippen LogP contribution in [0, 0.1) is 0 Å². The highest BCUT2D eigenvalue weighted by Crippen LogP contribution is 2.18. The Morgan fingerprint density at radius 2 is 1.76 bits per heavy atom. The molecule has 0 fully saturated rings. The highest BCUT2D eigenvalue weighted by molar-refractivity contribution is 5.72. The number of hydrogen-bond donors (Lipinski definition) is 3. The van der Waals surface area contributed by atoms with Gasteiger partial charge in [-0.1, -0.05) is 24.3 Å². The van der Waals surface area contributed by atoms with Gasteiger partial charge in [0.1, 0.15) is 17.8 Å². The van der Waals surface area contributed by atoms with Gasteiger partial charge < -0.3 is 25.0 Å². The zero-order valence-corrected chi connectivity index (χ0v) is 15.1. The molecule has 0 aromatic heterocycles. The molecule has 1 amide bonds. The van der Waals surface area contributed by atoms with Crippen LogP contribution >= 0.6 is 0 Å². The van der Waals surface area contributed by atoms with E-state index in [9.17, 15) is 19.8 Å². The highest BCUT2D eigenvalue weighted by Gasteiger charge is 2.21. The van der Waals surface area contributed by atoms with Crippen molar-refractivity contribution in [3.8, 4) is 0 Å². The molecule has 140 valence electrons. The molecule has 0 spiro atoms. The van der Waals surface area contributed by atoms with E-state index in [1.807, 2.05) is 0 Å². The zero-order valence-electron chi connectivity index (χ0n) is 15.1. The third-order valence-corrected chi connectivity index (χ3v) is 3.19. The molecule has 1 rings (SSSR count). The van der Waals surface area contributed by atoms with Gasteiger partial charge in [-0.3, -0.25) is 4.79 Å². The van der Waals surface area contributed by atoms with E-state index >= 15 is 0 Å². The monoisotopic (exact) mass is 353 g/mol. The lowest BCUT2D eigenvalue weighted by atomic mass is 10.0. The molecule has 2 atom stereocenters. The molecule has 0 heterocycles. The Morgan fingerprint density at radius 3 is 2.28 bits per heavy atom. The topological polar surface area (TPSA) is 105 Å². The smallest absolute Gasteiger partial charge is 0.407 e. The molecular weight excluding hydrogens is 326 g/mol. The minimum absolute atomic E-state index is 0.146. The van der Waals surface area contributed by atoms with E-state index in [0.717, 1.165) is 5.56 Å². The first-order valence-corrected chi connectivity index (χ1v) is 8.20. The average molecular weight is 353 g/mol. The summed E-state index contributed by atoms with van der Waals surface area (Å²) in [5.74, 6) is -0.322. The summed E-state index contributed by atoms with van der Waals surface area (Å²) in [5.41, 5.74) is 0.587. The molecule has 0 aliphatic carbocycles. The number of esters is 1. The van der Waals surface area contributed by atoms with Crippen LogP contribution in [0.5, 0.6) is 0 Å². The number of carbonyl (C=O) groups is 2. The summed E-state index contributed by atoms with van der Waals surface area (Å²) in [6.45, 7) is 7.11. The number of aliphatic hydroxyl groups is 2. The number of carbonyl (C=O) groups excluding carboxylic acids is 2. The van der Waals surface area contributed by atoms with Gasteiger partial charge in [0.25, 0.3) is 0 Å². The third-order valence-electron chi connectivity index (χ3n) is 3.19. The fourth-order valence-electron chi connectivity index (χ4n) is 2.05. The summed E-state index contributed by atoms with van der Waals surface area (Å²) in [6, 6.07) is 6.61. The minimum atomic E-state index is -1.19. The van der Waals surface area contributed by atoms with Crippen molar-refractivity contribution in [1.29, 1.82) is 0 Å². The summed E-state index contributed by atoms with van der Waals surface area (Å²) in [4.78, 5) is 23.0. The fourth-order valence-corrected chi connectivity index (χ4v) is 2.05. The number of nitrogens with one attached hydrogen (secondary N) is 1. The molecule has 7 nitrogen and oxygen atoms in total. The van der Waals surface area contributed by atoms with Gasteiger partial charge in [-0.25, -0.2) is 4.79 Å². The first-order valence-electron chi connectivity index (χ1n) is 8.20. The van der Waals surface area contributed by atoms with E-state index in [0.29, 0.717) is 12.2 Å². The number of benzene rings is 1. The number of aliphatic hydroxyl groups excluding tert-OH is 2. The minimum Gasteiger partial charge on any atom is -0.466 e. The van der Waals surface area contributed by atoms with E-state index in [-0.39, 0.29) is 18.9 Å². The van der Waals surface area contributed by atoms with Gasteiger partial charge in [0, 0.05) is 6.54 Å². The highest BCUT2D eigenvalue weighted by atomic mass is 16.6. The SMILES string of the molecule is CCOC(=O)Cc1ccc(C(O)C(O)CNC(=O)OC(C)(C)C)cc1. The van der Waals surface area contributed by atoms with E-state index in [1.54, 1.807) is 52.0 Å². The van der Waals surface area contributed by atoms with Crippen LogP contribution in [0.2, 0.25) is 0 Å². The second-order valence-corrected chi connectivity index (χ2v) is 6.62. The number of rotatable bonds is 7. The van der Waals surface area contributed by atoms with E-state index < -0.39 is 23.9 Å². The average Bonchev–Trinajstić information content (AvgIpc) is 2.51. The predicted octanol–water partition coefficient (Wildman–Crippen LogP) is 1.71. The van der Waals surface area contributed by atoms with Crippen molar-refractivity contribution < 1.29 is 29.3 Å². The molecule has 0 aliphatic rings. The van der Waals surface area contributed by atoms with Gasteiger partial charge in [0.05, 0.1) is 13.0 Å². The second kappa shape index (κ2) is 9.39. The van der Waals surface area contributed by atoms with Crippen molar-refractivity contribution in [2.45, 2.75) is 51.9 Å². The Morgan fingerprint density at radius 1 is 1.16 bits per heavy atom. The van der Waals surface area contributed by atoms with Crippen molar-refractivity contribution in [3.05, 3.63) is 35.4 Å². The lowest BCUT2D eigenvalue weighted by Crippen LogP contribution is -2.38. The van der Waals surface area contributed by atoms with Gasteiger partial charge in [-0.05, 0) is 38.8 Å². The van der Waals surface area contributed by atoms with Crippen LogP contribution in [-0.4, -0.2) is 47.1 Å². The maximum Gasteiger partial charge on any atom is 0.407 e. The van der Waals surface area contributed by atoms with Gasteiger partial charge in [-0.2, -0.15) is 0 Å². The molecule has 0 bridgehead atoms. The lowest BCUT2D eigenvalue weighted by Gasteiger charge is -2.22. The molecular formula is C18H27NO6. The van der Waals surface area contributed by atoms with Crippen LogP contribution in [0.3, 0.4) is 0 Å². The van der Waals surface area contributed by atoms with Crippen molar-refractivity contribution in [2.75, 3.05) is 13.2 Å². The summed E-state index contributed by atoms with van der Waals surface area (Å²) in [6.07, 6.45) is -2.88. The zero-order chi connectivity index (χ0) is 19.0. The molecule has 25 heavy (non-hydrogen) atoms. The molecule has 2 unspecified atom stereocenters. The van der Waals surface area contributed by atoms with E-state index in [1.165, 1.54) is 0 Å². The number of alkyl carbamates (subject to hydrolysis) is 1. The molecule has 1 aromatic rings. The lowest BCUT2D eigenvalue weighted by molar-refractivity contribution is -0.142. The summed E-state index contributed by atoms with van der Waals surface area (Å²) < 4.78 is 9.93. The number of ether oxygens (including phenoxy) is 2. The number of amides is 1. The van der Waals surface area contributed by atoms with Crippen molar-refractivity contribution in [2.24, 2.45) is 0 Å². The van der Waals surface area contributed by atoms with Gasteiger partial charge in [0.15, 0.2) is 0 Å². The first-order chi connectivity index (χ1) is 11.6. The van der Waals surface area contributed by atoms with Gasteiger partial charge in [0.2, 0.25) is 0 Å². The van der Waals surface area contributed by atoms with Crippen LogP contribution in [0.15, 0.2) is 24.3 Å². The van der Waals surface area contributed by atoms with Crippen LogP contribution in [0.25, 0.3) is 0 Å². The normalized spacial score (nSPS) is 13.7. The molecule has 3 N–H and O–H groups in total. The molecule has 0 saturated heterocycles. The fraction of sp³-hybridized carbons (Fsp3) is 0.556. The van der Waals surface area contributed by atoms with E-state index in [2.05, 4.69) is 5.32 Å². The van der Waals surface area contributed by atoms with Crippen molar-refractivity contribution >= 4 is 12.1 Å². The Labute approximate surface area is 147 Å². The molecule has 0 aliphatic heterocycles. The van der Waals surface area contributed by atoms with Crippen LogP contribution in [0.4, 0.5) is 4.79 Å². The molecule has 0 radical (unpaired) electrons. The largest absolute Gasteiger partial charge is 0.466 e. The Hall–Kier alpha value is -2.12. The third kappa shape index (κ3) is 8.00. The maximum atomic E-state index is 11.6. The molecule has 7 heteroatoms. The standard InChI is InChI=1S/C18H27NO6/c1-5-24-15(21)10-12-6-8-13(9-7-12)16(22)14(20)11-19-17(23)25-18(2,3)4/h6-9,14,16,20,22H,5,10-11H2,1-4H3,(H,19,23). The van der Waals surface area contributed by atoms with Crippen LogP contribution in [-0.2, 0) is 20.7 Å².